The quantitative estimate of drug-likeness (QED) is 0.432. The average molecular weight is 373 g/mol. The van der Waals surface area contributed by atoms with Gasteiger partial charge in [0.1, 0.15) is 5.75 Å². The van der Waals surface area contributed by atoms with Gasteiger partial charge in [0.05, 0.1) is 20.5 Å². The van der Waals surface area contributed by atoms with Crippen LogP contribution in [-0.2, 0) is 24.0 Å². The van der Waals surface area contributed by atoms with Crippen molar-refractivity contribution in [3.8, 4) is 5.75 Å². The summed E-state index contributed by atoms with van der Waals surface area (Å²) in [7, 11) is 3.39. The second-order valence-electron chi connectivity index (χ2n) is 7.05. The maximum Gasteiger partial charge on any atom is 0.119 e. The van der Waals surface area contributed by atoms with Crippen molar-refractivity contribution in [2.24, 2.45) is 5.92 Å². The molecule has 0 spiro atoms. The largest absolute Gasteiger partial charge is 0.504 e. The van der Waals surface area contributed by atoms with Gasteiger partial charge in [-0.05, 0) is 65.6 Å². The van der Waals surface area contributed by atoms with Gasteiger partial charge in [0.2, 0.25) is 0 Å². The van der Waals surface area contributed by atoms with E-state index < -0.39 is 0 Å². The number of ether oxygens (including phenoxy) is 2. The molecule has 0 heterocycles. The topological polar surface area (TPSA) is 18.5 Å². The Morgan fingerprint density at radius 3 is 1.89 bits per heavy atom. The summed E-state index contributed by atoms with van der Waals surface area (Å²) in [5.41, 5.74) is 5.21. The summed E-state index contributed by atoms with van der Waals surface area (Å²) in [6, 6.07) is 27.7. The van der Waals surface area contributed by atoms with E-state index in [-0.39, 0.29) is 0 Å². The molecule has 0 unspecified atom stereocenters. The van der Waals surface area contributed by atoms with Gasteiger partial charge in [-0.2, -0.15) is 0 Å². The second-order valence-corrected chi connectivity index (χ2v) is 7.05. The number of hydrogen-bond acceptors (Lipinski definition) is 2. The Balaban J connectivity index is 1.88. The molecule has 0 fully saturated rings. The highest BCUT2D eigenvalue weighted by atomic mass is 16.5. The molecule has 0 atom stereocenters. The van der Waals surface area contributed by atoms with Crippen LogP contribution in [0.25, 0.3) is 6.08 Å². The van der Waals surface area contributed by atoms with Crippen molar-refractivity contribution in [3.05, 3.63) is 107 Å². The Morgan fingerprint density at radius 2 is 1.36 bits per heavy atom. The normalized spacial score (nSPS) is 11.1. The molecular formula is C26H28O2. The van der Waals surface area contributed by atoms with Gasteiger partial charge < -0.3 is 9.47 Å². The third-order valence-electron chi connectivity index (χ3n) is 4.98. The van der Waals surface area contributed by atoms with E-state index in [0.717, 1.165) is 25.0 Å². The van der Waals surface area contributed by atoms with Crippen LogP contribution >= 0.6 is 0 Å². The lowest BCUT2D eigenvalue weighted by Gasteiger charge is -2.19. The molecular weight excluding hydrogens is 344 g/mol. The van der Waals surface area contributed by atoms with E-state index in [1.54, 1.807) is 20.5 Å². The molecule has 0 radical (unpaired) electrons. The summed E-state index contributed by atoms with van der Waals surface area (Å²) in [5.74, 6) is 1.38. The molecule has 0 aliphatic carbocycles. The van der Waals surface area contributed by atoms with E-state index in [1.807, 2.05) is 12.1 Å². The van der Waals surface area contributed by atoms with Gasteiger partial charge in [-0.15, -0.1) is 0 Å². The molecule has 2 heteroatoms. The Hall–Kier alpha value is -3.00. The highest BCUT2D eigenvalue weighted by Gasteiger charge is 2.14. The number of benzene rings is 3. The summed E-state index contributed by atoms with van der Waals surface area (Å²) in [5, 5.41) is 0. The van der Waals surface area contributed by atoms with Gasteiger partial charge in [-0.25, -0.2) is 0 Å². The molecule has 3 aromatic rings. The van der Waals surface area contributed by atoms with Crippen molar-refractivity contribution in [1.29, 1.82) is 0 Å². The van der Waals surface area contributed by atoms with Gasteiger partial charge in [0, 0.05) is 0 Å². The fraction of sp³-hybridized carbons (Fsp3) is 0.231. The van der Waals surface area contributed by atoms with Crippen molar-refractivity contribution in [3.63, 3.8) is 0 Å². The van der Waals surface area contributed by atoms with Crippen LogP contribution in [0.5, 0.6) is 5.75 Å². The summed E-state index contributed by atoms with van der Waals surface area (Å²) in [4.78, 5) is 0. The minimum absolute atomic E-state index is 0.492. The van der Waals surface area contributed by atoms with Crippen molar-refractivity contribution in [2.45, 2.75) is 19.3 Å². The maximum atomic E-state index is 5.48. The number of methoxy groups -OCH3 is 2. The van der Waals surface area contributed by atoms with Gasteiger partial charge in [0.15, 0.2) is 0 Å². The van der Waals surface area contributed by atoms with E-state index in [0.29, 0.717) is 5.92 Å². The highest BCUT2D eigenvalue weighted by Crippen LogP contribution is 2.25. The zero-order chi connectivity index (χ0) is 19.6. The van der Waals surface area contributed by atoms with Crippen LogP contribution < -0.4 is 4.74 Å². The molecule has 3 rings (SSSR count). The fourth-order valence-corrected chi connectivity index (χ4v) is 3.61. The van der Waals surface area contributed by atoms with Crippen LogP contribution in [-0.4, -0.2) is 14.2 Å². The van der Waals surface area contributed by atoms with Crippen LogP contribution in [0.4, 0.5) is 0 Å². The summed E-state index contributed by atoms with van der Waals surface area (Å²) < 4.78 is 10.6. The molecule has 2 nitrogen and oxygen atoms in total. The smallest absolute Gasteiger partial charge is 0.119 e. The highest BCUT2D eigenvalue weighted by molar-refractivity contribution is 5.55. The lowest BCUT2D eigenvalue weighted by Crippen LogP contribution is -2.13. The number of rotatable bonds is 9. The molecule has 0 saturated carbocycles. The first-order chi connectivity index (χ1) is 13.8. The first-order valence-corrected chi connectivity index (χ1v) is 9.72. The fourth-order valence-electron chi connectivity index (χ4n) is 3.61. The Labute approximate surface area is 168 Å². The van der Waals surface area contributed by atoms with Crippen LogP contribution in [0.3, 0.4) is 0 Å². The standard InChI is InChI=1S/C26H28O2/c1-27-16-15-24-13-14-26(28-2)20-25(24)19-23(17-21-9-5-3-6-10-21)18-22-11-7-4-8-12-22/h3-16,20,23H,17-19H2,1-2H3. The van der Waals surface area contributed by atoms with E-state index in [1.165, 1.54) is 22.3 Å². The minimum atomic E-state index is 0.492. The SMILES string of the molecule is COC=Cc1ccc(OC)cc1CC(Cc1ccccc1)Cc1ccccc1. The summed E-state index contributed by atoms with van der Waals surface area (Å²) in [6.07, 6.45) is 6.82. The van der Waals surface area contributed by atoms with E-state index in [9.17, 15) is 0 Å². The van der Waals surface area contributed by atoms with Crippen LogP contribution in [0.2, 0.25) is 0 Å². The van der Waals surface area contributed by atoms with E-state index in [4.69, 9.17) is 9.47 Å². The van der Waals surface area contributed by atoms with Crippen molar-refractivity contribution >= 4 is 6.08 Å². The Kier molecular flexibility index (Phi) is 7.31. The predicted octanol–water partition coefficient (Wildman–Crippen LogP) is 5.96. The van der Waals surface area contributed by atoms with Crippen molar-refractivity contribution in [2.75, 3.05) is 14.2 Å². The van der Waals surface area contributed by atoms with Crippen LogP contribution in [0.15, 0.2) is 85.1 Å². The summed E-state index contributed by atoms with van der Waals surface area (Å²) in [6.45, 7) is 0. The molecule has 0 amide bonds. The van der Waals surface area contributed by atoms with Crippen molar-refractivity contribution < 1.29 is 9.47 Å². The molecule has 0 bridgehead atoms. The van der Waals surface area contributed by atoms with E-state index in [2.05, 4.69) is 72.8 Å². The molecule has 28 heavy (non-hydrogen) atoms. The molecule has 0 aromatic heterocycles. The zero-order valence-electron chi connectivity index (χ0n) is 16.7. The Morgan fingerprint density at radius 1 is 0.750 bits per heavy atom. The minimum Gasteiger partial charge on any atom is -0.504 e. The molecule has 0 aliphatic heterocycles. The predicted molar refractivity (Wildman–Crippen MR) is 117 cm³/mol. The molecule has 0 aliphatic rings. The van der Waals surface area contributed by atoms with E-state index >= 15 is 0 Å². The Bertz CT molecular complexity index is 828. The third-order valence-corrected chi connectivity index (χ3v) is 4.98. The van der Waals surface area contributed by atoms with Gasteiger partial charge in [-0.1, -0.05) is 66.7 Å². The van der Waals surface area contributed by atoms with Gasteiger partial charge >= 0.3 is 0 Å². The van der Waals surface area contributed by atoms with Gasteiger partial charge in [0.25, 0.3) is 0 Å². The maximum absolute atomic E-state index is 5.48. The zero-order valence-corrected chi connectivity index (χ0v) is 16.7. The summed E-state index contributed by atoms with van der Waals surface area (Å²) >= 11 is 0. The number of hydrogen-bond donors (Lipinski definition) is 0. The van der Waals surface area contributed by atoms with Gasteiger partial charge in [-0.3, -0.25) is 0 Å². The molecule has 144 valence electrons. The molecule has 3 aromatic carbocycles. The first-order valence-electron chi connectivity index (χ1n) is 9.72. The van der Waals surface area contributed by atoms with Crippen LogP contribution in [0.1, 0.15) is 22.3 Å². The average Bonchev–Trinajstić information content (AvgIpc) is 2.74. The van der Waals surface area contributed by atoms with Crippen molar-refractivity contribution in [1.82, 2.24) is 0 Å². The third kappa shape index (κ3) is 5.75. The van der Waals surface area contributed by atoms with Crippen LogP contribution in [0, 0.1) is 5.92 Å². The monoisotopic (exact) mass is 372 g/mol. The lowest BCUT2D eigenvalue weighted by molar-refractivity contribution is 0.341. The molecule has 0 N–H and O–H groups in total. The first kappa shape index (κ1) is 19.8. The molecule has 0 saturated heterocycles. The second kappa shape index (κ2) is 10.4. The lowest BCUT2D eigenvalue weighted by atomic mass is 9.86.